The van der Waals surface area contributed by atoms with Gasteiger partial charge in [-0.1, -0.05) is 17.7 Å². The molecule has 1 unspecified atom stereocenters. The van der Waals surface area contributed by atoms with Crippen LogP contribution in [0.4, 0.5) is 4.39 Å². The van der Waals surface area contributed by atoms with E-state index >= 15 is 0 Å². The first-order valence-electron chi connectivity index (χ1n) is 6.41. The molecule has 1 aliphatic rings. The van der Waals surface area contributed by atoms with Gasteiger partial charge in [-0.25, -0.2) is 17.5 Å². The molecular formula is C13H19Cl2FN2O2S. The Balaban J connectivity index is 0.00000220. The normalized spacial score (nSPS) is 17.9. The molecule has 120 valence electrons. The molecule has 1 fully saturated rings. The van der Waals surface area contributed by atoms with Crippen LogP contribution in [0.3, 0.4) is 0 Å². The van der Waals surface area contributed by atoms with Crippen LogP contribution in [0.15, 0.2) is 18.2 Å². The van der Waals surface area contributed by atoms with E-state index in [0.717, 1.165) is 18.9 Å². The fourth-order valence-corrected chi connectivity index (χ4v) is 4.11. The highest BCUT2D eigenvalue weighted by molar-refractivity contribution is 7.88. The van der Waals surface area contributed by atoms with Gasteiger partial charge in [-0.3, -0.25) is 0 Å². The van der Waals surface area contributed by atoms with Crippen LogP contribution in [0.25, 0.3) is 0 Å². The van der Waals surface area contributed by atoms with Crippen LogP contribution in [-0.4, -0.2) is 20.5 Å². The van der Waals surface area contributed by atoms with E-state index in [-0.39, 0.29) is 29.7 Å². The van der Waals surface area contributed by atoms with E-state index in [9.17, 15) is 12.8 Å². The van der Waals surface area contributed by atoms with Crippen LogP contribution >= 0.6 is 24.0 Å². The quantitative estimate of drug-likeness (QED) is 0.822. The summed E-state index contributed by atoms with van der Waals surface area (Å²) in [6.45, 7) is 2.07. The predicted molar refractivity (Wildman–Crippen MR) is 84.6 cm³/mol. The molecular weight excluding hydrogens is 338 g/mol. The van der Waals surface area contributed by atoms with Gasteiger partial charge in [0.15, 0.2) is 0 Å². The van der Waals surface area contributed by atoms with Gasteiger partial charge in [-0.05, 0) is 43.4 Å². The molecule has 0 amide bonds. The molecule has 1 aromatic rings. The van der Waals surface area contributed by atoms with Crippen molar-refractivity contribution in [3.63, 3.8) is 0 Å². The highest BCUT2D eigenvalue weighted by Crippen LogP contribution is 2.39. The molecule has 0 aliphatic heterocycles. The number of rotatable bonds is 6. The zero-order valence-corrected chi connectivity index (χ0v) is 14.0. The Kier molecular flexibility index (Phi) is 6.03. The van der Waals surface area contributed by atoms with Crippen LogP contribution in [0, 0.1) is 11.7 Å². The van der Waals surface area contributed by atoms with E-state index in [1.54, 1.807) is 0 Å². The number of halogens is 3. The fraction of sp³-hybridized carbons (Fsp3) is 0.538. The molecule has 0 radical (unpaired) electrons. The summed E-state index contributed by atoms with van der Waals surface area (Å²) in [5.41, 5.74) is 5.53. The Labute approximate surface area is 135 Å². The van der Waals surface area contributed by atoms with Crippen molar-refractivity contribution < 1.29 is 12.8 Å². The van der Waals surface area contributed by atoms with Crippen molar-refractivity contribution in [2.24, 2.45) is 11.7 Å². The van der Waals surface area contributed by atoms with Gasteiger partial charge in [0, 0.05) is 12.1 Å². The molecule has 8 heteroatoms. The third kappa shape index (κ3) is 4.79. The summed E-state index contributed by atoms with van der Waals surface area (Å²) in [6, 6.07) is 3.90. The first kappa shape index (κ1) is 18.6. The maximum absolute atomic E-state index is 13.1. The van der Waals surface area contributed by atoms with Crippen molar-refractivity contribution in [2.75, 3.05) is 6.54 Å². The molecule has 1 saturated carbocycles. The predicted octanol–water partition coefficient (Wildman–Crippen LogP) is 2.45. The molecule has 1 aromatic carbocycles. The summed E-state index contributed by atoms with van der Waals surface area (Å²) in [6.07, 6.45) is 1.97. The molecule has 0 heterocycles. The zero-order chi connectivity index (χ0) is 15.0. The summed E-state index contributed by atoms with van der Waals surface area (Å²) >= 11 is 5.65. The monoisotopic (exact) mass is 356 g/mol. The second-order valence-electron chi connectivity index (χ2n) is 5.51. The van der Waals surface area contributed by atoms with Crippen molar-refractivity contribution in [2.45, 2.75) is 31.1 Å². The molecule has 1 atom stereocenters. The first-order valence-corrected chi connectivity index (χ1v) is 8.44. The Morgan fingerprint density at radius 3 is 2.57 bits per heavy atom. The summed E-state index contributed by atoms with van der Waals surface area (Å²) in [5, 5.41) is -0.0820. The first-order chi connectivity index (χ1) is 9.26. The molecule has 3 N–H and O–H groups in total. The number of benzene rings is 1. The second-order valence-corrected chi connectivity index (χ2v) is 7.63. The molecule has 21 heavy (non-hydrogen) atoms. The highest BCUT2D eigenvalue weighted by Gasteiger charge is 2.42. The molecule has 0 bridgehead atoms. The minimum atomic E-state index is -3.55. The van der Waals surface area contributed by atoms with Gasteiger partial charge in [-0.2, -0.15) is 0 Å². The number of nitrogens with one attached hydrogen (secondary N) is 1. The molecule has 0 saturated heterocycles. The van der Waals surface area contributed by atoms with E-state index < -0.39 is 21.4 Å². The largest absolute Gasteiger partial charge is 0.329 e. The lowest BCUT2D eigenvalue weighted by atomic mass is 9.98. The van der Waals surface area contributed by atoms with Gasteiger partial charge in [0.1, 0.15) is 5.82 Å². The van der Waals surface area contributed by atoms with Gasteiger partial charge >= 0.3 is 0 Å². The summed E-state index contributed by atoms with van der Waals surface area (Å²) in [4.78, 5) is 0. The lowest BCUT2D eigenvalue weighted by Gasteiger charge is -2.29. The molecule has 0 spiro atoms. The van der Waals surface area contributed by atoms with E-state index in [4.69, 9.17) is 17.3 Å². The number of sulfonamides is 1. The fourth-order valence-electron chi connectivity index (χ4n) is 2.25. The highest BCUT2D eigenvalue weighted by atomic mass is 35.5. The minimum Gasteiger partial charge on any atom is -0.329 e. The van der Waals surface area contributed by atoms with Crippen molar-refractivity contribution in [3.05, 3.63) is 34.6 Å². The maximum Gasteiger partial charge on any atom is 0.216 e. The Morgan fingerprint density at radius 2 is 2.10 bits per heavy atom. The lowest BCUT2D eigenvalue weighted by Crippen LogP contribution is -2.53. The lowest BCUT2D eigenvalue weighted by molar-refractivity contribution is 0.374. The van der Waals surface area contributed by atoms with Gasteiger partial charge in [0.25, 0.3) is 0 Å². The Morgan fingerprint density at radius 1 is 1.48 bits per heavy atom. The van der Waals surface area contributed by atoms with Crippen molar-refractivity contribution in [3.8, 4) is 0 Å². The number of hydrogen-bond acceptors (Lipinski definition) is 3. The van der Waals surface area contributed by atoms with Crippen LogP contribution < -0.4 is 10.5 Å². The molecule has 1 aliphatic carbocycles. The standard InChI is InChI=1S/C13H18ClFN2O2S.ClH/c1-13(8-16,10-3-4-10)17-20(18,19)7-9-2-5-12(15)11(14)6-9;/h2,5-6,10,17H,3-4,7-8,16H2,1H3;1H. The van der Waals surface area contributed by atoms with Crippen molar-refractivity contribution in [1.29, 1.82) is 0 Å². The van der Waals surface area contributed by atoms with Crippen LogP contribution in [0.1, 0.15) is 25.3 Å². The number of hydrogen-bond donors (Lipinski definition) is 2. The van der Waals surface area contributed by atoms with Gasteiger partial charge < -0.3 is 5.73 Å². The second kappa shape index (κ2) is 6.79. The third-order valence-corrected chi connectivity index (χ3v) is 5.41. The Hall–Kier alpha value is -0.400. The average Bonchev–Trinajstić information content (AvgIpc) is 3.17. The maximum atomic E-state index is 13.1. The van der Waals surface area contributed by atoms with Crippen molar-refractivity contribution in [1.82, 2.24) is 4.72 Å². The average molecular weight is 357 g/mol. The Bertz CT molecular complexity index is 608. The van der Waals surface area contributed by atoms with E-state index in [1.165, 1.54) is 12.1 Å². The topological polar surface area (TPSA) is 72.2 Å². The van der Waals surface area contributed by atoms with Crippen molar-refractivity contribution >= 4 is 34.0 Å². The summed E-state index contributed by atoms with van der Waals surface area (Å²) in [7, 11) is -3.55. The SMILES string of the molecule is CC(CN)(NS(=O)(=O)Cc1ccc(F)c(Cl)c1)C1CC1.Cl. The van der Waals surface area contributed by atoms with E-state index in [1.807, 2.05) is 6.92 Å². The summed E-state index contributed by atoms with van der Waals surface area (Å²) < 4.78 is 40.1. The number of nitrogens with two attached hydrogens (primary N) is 1. The van der Waals surface area contributed by atoms with Crippen LogP contribution in [0.5, 0.6) is 0 Å². The van der Waals surface area contributed by atoms with Gasteiger partial charge in [-0.15, -0.1) is 12.4 Å². The van der Waals surface area contributed by atoms with E-state index in [2.05, 4.69) is 4.72 Å². The smallest absolute Gasteiger partial charge is 0.216 e. The third-order valence-electron chi connectivity index (χ3n) is 3.63. The minimum absolute atomic E-state index is 0. The molecule has 4 nitrogen and oxygen atoms in total. The zero-order valence-electron chi connectivity index (χ0n) is 11.6. The van der Waals surface area contributed by atoms with Gasteiger partial charge in [0.05, 0.1) is 10.8 Å². The molecule has 2 rings (SSSR count). The van der Waals surface area contributed by atoms with Crippen LogP contribution in [-0.2, 0) is 15.8 Å². The van der Waals surface area contributed by atoms with Crippen LogP contribution in [0.2, 0.25) is 5.02 Å². The van der Waals surface area contributed by atoms with E-state index in [0.29, 0.717) is 11.5 Å². The van der Waals surface area contributed by atoms with Gasteiger partial charge in [0.2, 0.25) is 10.0 Å². The summed E-state index contributed by atoms with van der Waals surface area (Å²) in [5.74, 6) is -0.514. The molecule has 0 aromatic heterocycles.